The van der Waals surface area contributed by atoms with Crippen LogP contribution in [0.15, 0.2) is 24.3 Å². The van der Waals surface area contributed by atoms with E-state index in [1.54, 1.807) is 24.3 Å². The molecule has 1 aromatic rings. The van der Waals surface area contributed by atoms with Gasteiger partial charge < -0.3 is 5.32 Å². The van der Waals surface area contributed by atoms with E-state index in [1.807, 2.05) is 20.8 Å². The average Bonchev–Trinajstić information content (AvgIpc) is 2.15. The minimum Gasteiger partial charge on any atom is -0.305 e. The fraction of sp³-hybridized carbons (Fsp3) is 0.417. The van der Waals surface area contributed by atoms with Crippen molar-refractivity contribution in [2.75, 3.05) is 0 Å². The molecule has 16 heavy (non-hydrogen) atoms. The van der Waals surface area contributed by atoms with Gasteiger partial charge in [0.15, 0.2) is 5.78 Å². The number of carbonyl (C=O) groups excluding carboxylic acids is 1. The Morgan fingerprint density at radius 3 is 2.44 bits per heavy atom. The highest BCUT2D eigenvalue weighted by atomic mass is 35.5. The maximum absolute atomic E-state index is 11.9. The van der Waals surface area contributed by atoms with Gasteiger partial charge in [0.25, 0.3) is 0 Å². The third kappa shape index (κ3) is 4.52. The first-order valence-corrected chi connectivity index (χ1v) is 5.44. The zero-order chi connectivity index (χ0) is 11.4. The molecule has 0 bridgehead atoms. The predicted octanol–water partition coefficient (Wildman–Crippen LogP) is 3.33. The maximum Gasteiger partial charge on any atom is 0.179 e. The quantitative estimate of drug-likeness (QED) is 0.843. The lowest BCUT2D eigenvalue weighted by atomic mass is 10.1. The Kier molecular flexibility index (Phi) is 6.65. The van der Waals surface area contributed by atoms with E-state index in [2.05, 4.69) is 5.32 Å². The number of rotatable bonds is 4. The molecule has 90 valence electrons. The highest BCUT2D eigenvalue weighted by Crippen LogP contribution is 2.12. The van der Waals surface area contributed by atoms with Crippen LogP contribution in [0, 0.1) is 0 Å². The number of hydrogen-bond donors (Lipinski definition) is 1. The smallest absolute Gasteiger partial charge is 0.179 e. The largest absolute Gasteiger partial charge is 0.305 e. The van der Waals surface area contributed by atoms with Crippen LogP contribution in [0.4, 0.5) is 0 Å². The number of benzene rings is 1. The van der Waals surface area contributed by atoms with Gasteiger partial charge in [-0.25, -0.2) is 0 Å². The van der Waals surface area contributed by atoms with Crippen LogP contribution in [0.5, 0.6) is 0 Å². The van der Waals surface area contributed by atoms with Crippen LogP contribution in [0.25, 0.3) is 0 Å². The molecular weight excluding hydrogens is 245 g/mol. The van der Waals surface area contributed by atoms with Crippen molar-refractivity contribution in [3.05, 3.63) is 34.9 Å². The minimum absolute atomic E-state index is 0. The van der Waals surface area contributed by atoms with Gasteiger partial charge in [0.05, 0.1) is 6.04 Å². The lowest BCUT2D eigenvalue weighted by Crippen LogP contribution is -2.38. The van der Waals surface area contributed by atoms with E-state index in [0.29, 0.717) is 16.6 Å². The molecule has 4 heteroatoms. The lowest BCUT2D eigenvalue weighted by molar-refractivity contribution is 0.0946. The summed E-state index contributed by atoms with van der Waals surface area (Å²) in [7, 11) is 0. The van der Waals surface area contributed by atoms with Gasteiger partial charge in [-0.1, -0.05) is 37.6 Å². The van der Waals surface area contributed by atoms with Crippen LogP contribution in [0.3, 0.4) is 0 Å². The summed E-state index contributed by atoms with van der Waals surface area (Å²) in [5, 5.41) is 3.76. The van der Waals surface area contributed by atoms with Crippen LogP contribution in [-0.4, -0.2) is 17.9 Å². The number of nitrogens with one attached hydrogen (secondary N) is 1. The summed E-state index contributed by atoms with van der Waals surface area (Å²) in [6.07, 6.45) is 0. The SMILES string of the molecule is CC(C)NC(C)C(=O)c1cccc(Cl)c1.Cl. The minimum atomic E-state index is -0.177. The topological polar surface area (TPSA) is 29.1 Å². The van der Waals surface area contributed by atoms with E-state index in [-0.39, 0.29) is 24.2 Å². The first kappa shape index (κ1) is 15.4. The second-order valence-corrected chi connectivity index (χ2v) is 4.35. The first-order chi connectivity index (χ1) is 7.00. The monoisotopic (exact) mass is 261 g/mol. The van der Waals surface area contributed by atoms with Gasteiger partial charge in [0, 0.05) is 16.6 Å². The van der Waals surface area contributed by atoms with Crippen LogP contribution in [-0.2, 0) is 0 Å². The predicted molar refractivity (Wildman–Crippen MR) is 70.8 cm³/mol. The molecule has 1 rings (SSSR count). The number of Topliss-reactive ketones (excluding diaryl/α,β-unsaturated/α-hetero) is 1. The third-order valence-electron chi connectivity index (χ3n) is 2.09. The molecule has 0 saturated carbocycles. The van der Waals surface area contributed by atoms with Crippen molar-refractivity contribution >= 4 is 29.8 Å². The highest BCUT2D eigenvalue weighted by molar-refractivity contribution is 6.31. The molecule has 0 aliphatic heterocycles. The summed E-state index contributed by atoms with van der Waals surface area (Å²) in [5.74, 6) is 0.0752. The number of hydrogen-bond acceptors (Lipinski definition) is 2. The Bertz CT molecular complexity index is 353. The zero-order valence-electron chi connectivity index (χ0n) is 9.66. The highest BCUT2D eigenvalue weighted by Gasteiger charge is 2.15. The first-order valence-electron chi connectivity index (χ1n) is 5.06. The van der Waals surface area contributed by atoms with Crippen molar-refractivity contribution in [3.8, 4) is 0 Å². The Hall–Kier alpha value is -0.570. The molecule has 0 amide bonds. The van der Waals surface area contributed by atoms with Crippen molar-refractivity contribution in [1.29, 1.82) is 0 Å². The summed E-state index contributed by atoms with van der Waals surface area (Å²) in [6, 6.07) is 7.15. The molecule has 0 aliphatic carbocycles. The maximum atomic E-state index is 11.9. The average molecular weight is 262 g/mol. The molecule has 0 spiro atoms. The number of carbonyl (C=O) groups is 1. The molecular formula is C12H17Cl2NO. The zero-order valence-corrected chi connectivity index (χ0v) is 11.2. The summed E-state index contributed by atoms with van der Waals surface area (Å²) in [5.41, 5.74) is 0.656. The van der Waals surface area contributed by atoms with Crippen molar-refractivity contribution in [3.63, 3.8) is 0 Å². The molecule has 0 aromatic heterocycles. The number of halogens is 2. The van der Waals surface area contributed by atoms with Crippen LogP contribution in [0.1, 0.15) is 31.1 Å². The van der Waals surface area contributed by atoms with Gasteiger partial charge in [-0.3, -0.25) is 4.79 Å². The fourth-order valence-electron chi connectivity index (χ4n) is 1.47. The Morgan fingerprint density at radius 2 is 1.94 bits per heavy atom. The second-order valence-electron chi connectivity index (χ2n) is 3.92. The summed E-state index contributed by atoms with van der Waals surface area (Å²) in [4.78, 5) is 11.9. The summed E-state index contributed by atoms with van der Waals surface area (Å²) < 4.78 is 0. The van der Waals surface area contributed by atoms with E-state index in [0.717, 1.165) is 0 Å². The van der Waals surface area contributed by atoms with Crippen LogP contribution >= 0.6 is 24.0 Å². The van der Waals surface area contributed by atoms with Crippen molar-refractivity contribution in [1.82, 2.24) is 5.32 Å². The van der Waals surface area contributed by atoms with E-state index >= 15 is 0 Å². The second kappa shape index (κ2) is 6.89. The molecule has 2 nitrogen and oxygen atoms in total. The molecule has 0 radical (unpaired) electrons. The van der Waals surface area contributed by atoms with Gasteiger partial charge in [-0.15, -0.1) is 12.4 Å². The molecule has 1 aromatic carbocycles. The standard InChI is InChI=1S/C12H16ClNO.ClH/c1-8(2)14-9(3)12(15)10-5-4-6-11(13)7-10;/h4-9,14H,1-3H3;1H. The van der Waals surface area contributed by atoms with E-state index in [9.17, 15) is 4.79 Å². The molecule has 1 unspecified atom stereocenters. The van der Waals surface area contributed by atoms with Crippen LogP contribution < -0.4 is 5.32 Å². The van der Waals surface area contributed by atoms with E-state index < -0.39 is 0 Å². The Balaban J connectivity index is 0.00000225. The van der Waals surface area contributed by atoms with Gasteiger partial charge in [-0.05, 0) is 19.1 Å². The molecule has 1 atom stereocenters. The lowest BCUT2D eigenvalue weighted by Gasteiger charge is -2.15. The molecule has 0 heterocycles. The van der Waals surface area contributed by atoms with E-state index in [1.165, 1.54) is 0 Å². The number of ketones is 1. The van der Waals surface area contributed by atoms with Crippen molar-refractivity contribution in [2.45, 2.75) is 32.9 Å². The molecule has 1 N–H and O–H groups in total. The normalized spacial score (nSPS) is 12.1. The Morgan fingerprint density at radius 1 is 1.31 bits per heavy atom. The van der Waals surface area contributed by atoms with Gasteiger partial charge in [0.1, 0.15) is 0 Å². The fourth-order valence-corrected chi connectivity index (χ4v) is 1.66. The van der Waals surface area contributed by atoms with Crippen molar-refractivity contribution in [2.24, 2.45) is 0 Å². The Labute approximate surface area is 108 Å². The van der Waals surface area contributed by atoms with E-state index in [4.69, 9.17) is 11.6 Å². The third-order valence-corrected chi connectivity index (χ3v) is 2.32. The van der Waals surface area contributed by atoms with Gasteiger partial charge in [0.2, 0.25) is 0 Å². The molecule has 0 saturated heterocycles. The summed E-state index contributed by atoms with van der Waals surface area (Å²) >= 11 is 5.83. The molecule has 0 aliphatic rings. The van der Waals surface area contributed by atoms with Crippen molar-refractivity contribution < 1.29 is 4.79 Å². The van der Waals surface area contributed by atoms with Gasteiger partial charge in [-0.2, -0.15) is 0 Å². The van der Waals surface area contributed by atoms with Gasteiger partial charge >= 0.3 is 0 Å². The summed E-state index contributed by atoms with van der Waals surface area (Å²) in [6.45, 7) is 5.90. The molecule has 0 fully saturated rings. The van der Waals surface area contributed by atoms with Crippen LogP contribution in [0.2, 0.25) is 5.02 Å².